The molecule has 0 unspecified atom stereocenters. The van der Waals surface area contributed by atoms with Crippen LogP contribution in [0.15, 0.2) is 29.2 Å². The van der Waals surface area contributed by atoms with E-state index in [0.717, 1.165) is 12.0 Å². The monoisotopic (exact) mass is 269 g/mol. The highest BCUT2D eigenvalue weighted by Crippen LogP contribution is 2.21. The quantitative estimate of drug-likeness (QED) is 0.913. The third-order valence-corrected chi connectivity index (χ3v) is 4.03. The van der Waals surface area contributed by atoms with Gasteiger partial charge >= 0.3 is 0 Å². The van der Waals surface area contributed by atoms with Crippen LogP contribution >= 0.6 is 0 Å². The molecule has 0 radical (unpaired) electrons. The molecule has 0 spiro atoms. The molecule has 0 aliphatic rings. The molecule has 18 heavy (non-hydrogen) atoms. The Morgan fingerprint density at radius 1 is 1.11 bits per heavy atom. The van der Waals surface area contributed by atoms with Crippen molar-refractivity contribution in [2.45, 2.75) is 52.0 Å². The standard InChI is InChI=1S/C14H23NO2S/c1-11(2)15-18(16,17)13-8-6-12(7-9-13)10-14(3,4)5/h6-9,11,15H,10H2,1-5H3. The molecule has 0 aliphatic heterocycles. The molecule has 0 fully saturated rings. The van der Waals surface area contributed by atoms with Crippen molar-refractivity contribution in [3.05, 3.63) is 29.8 Å². The molecule has 0 saturated carbocycles. The first-order chi connectivity index (χ1) is 8.10. The fourth-order valence-corrected chi connectivity index (χ4v) is 3.03. The number of sulfonamides is 1. The fourth-order valence-electron chi connectivity index (χ4n) is 1.78. The van der Waals surface area contributed by atoms with Gasteiger partial charge in [-0.2, -0.15) is 0 Å². The minimum absolute atomic E-state index is 0.0933. The van der Waals surface area contributed by atoms with Crippen molar-refractivity contribution in [1.29, 1.82) is 0 Å². The number of rotatable bonds is 4. The summed E-state index contributed by atoms with van der Waals surface area (Å²) in [6.07, 6.45) is 0.935. The Hall–Kier alpha value is -0.870. The molecule has 1 aromatic carbocycles. The smallest absolute Gasteiger partial charge is 0.209 e. The number of benzene rings is 1. The molecule has 3 nitrogen and oxygen atoms in total. The van der Waals surface area contributed by atoms with Gasteiger partial charge in [0.05, 0.1) is 4.90 Å². The summed E-state index contributed by atoms with van der Waals surface area (Å²) in [5, 5.41) is 0. The Kier molecular flexibility index (Phi) is 4.56. The van der Waals surface area contributed by atoms with Crippen molar-refractivity contribution in [3.63, 3.8) is 0 Å². The number of nitrogens with one attached hydrogen (secondary N) is 1. The van der Waals surface area contributed by atoms with E-state index in [-0.39, 0.29) is 11.5 Å². The normalized spacial score (nSPS) is 13.0. The van der Waals surface area contributed by atoms with Crippen LogP contribution in [-0.2, 0) is 16.4 Å². The highest BCUT2D eigenvalue weighted by atomic mass is 32.2. The van der Waals surface area contributed by atoms with E-state index in [1.807, 2.05) is 26.0 Å². The predicted molar refractivity (Wildman–Crippen MR) is 75.1 cm³/mol. The van der Waals surface area contributed by atoms with E-state index in [2.05, 4.69) is 25.5 Å². The van der Waals surface area contributed by atoms with Gasteiger partial charge in [0.1, 0.15) is 0 Å². The molecule has 0 heterocycles. The molecule has 0 aliphatic carbocycles. The van der Waals surface area contributed by atoms with Gasteiger partial charge in [-0.15, -0.1) is 0 Å². The number of hydrogen-bond acceptors (Lipinski definition) is 2. The first-order valence-corrected chi connectivity index (χ1v) is 7.70. The molecule has 1 N–H and O–H groups in total. The summed E-state index contributed by atoms with van der Waals surface area (Å²) in [6.45, 7) is 10.1. The highest BCUT2D eigenvalue weighted by Gasteiger charge is 2.16. The van der Waals surface area contributed by atoms with Gasteiger partial charge in [-0.25, -0.2) is 13.1 Å². The van der Waals surface area contributed by atoms with E-state index in [0.29, 0.717) is 4.90 Å². The van der Waals surface area contributed by atoms with Crippen molar-refractivity contribution in [2.75, 3.05) is 0 Å². The van der Waals surface area contributed by atoms with E-state index in [4.69, 9.17) is 0 Å². The lowest BCUT2D eigenvalue weighted by molar-refractivity contribution is 0.411. The Morgan fingerprint density at radius 2 is 1.61 bits per heavy atom. The zero-order chi connectivity index (χ0) is 14.0. The van der Waals surface area contributed by atoms with Crippen LogP contribution in [0.1, 0.15) is 40.2 Å². The molecule has 0 amide bonds. The van der Waals surface area contributed by atoms with E-state index in [1.54, 1.807) is 12.1 Å². The van der Waals surface area contributed by atoms with Crippen LogP contribution in [0, 0.1) is 5.41 Å². The Balaban J connectivity index is 2.90. The summed E-state index contributed by atoms with van der Waals surface area (Å²) in [5.74, 6) is 0. The maximum atomic E-state index is 11.9. The summed E-state index contributed by atoms with van der Waals surface area (Å²) in [4.78, 5) is 0.328. The zero-order valence-corrected chi connectivity index (χ0v) is 12.6. The minimum Gasteiger partial charge on any atom is -0.209 e. The average Bonchev–Trinajstić information content (AvgIpc) is 2.13. The van der Waals surface area contributed by atoms with Crippen LogP contribution in [-0.4, -0.2) is 14.5 Å². The molecule has 4 heteroatoms. The Bertz CT molecular complexity index is 482. The lowest BCUT2D eigenvalue weighted by atomic mass is 9.88. The van der Waals surface area contributed by atoms with Crippen LogP contribution in [0.25, 0.3) is 0 Å². The van der Waals surface area contributed by atoms with Crippen LogP contribution in [0.5, 0.6) is 0 Å². The third-order valence-electron chi connectivity index (χ3n) is 2.36. The maximum Gasteiger partial charge on any atom is 0.240 e. The van der Waals surface area contributed by atoms with Crippen molar-refractivity contribution < 1.29 is 8.42 Å². The van der Waals surface area contributed by atoms with Crippen molar-refractivity contribution in [1.82, 2.24) is 4.72 Å². The molecular weight excluding hydrogens is 246 g/mol. The molecule has 1 rings (SSSR count). The van der Waals surface area contributed by atoms with Crippen LogP contribution < -0.4 is 4.72 Å². The molecule has 0 atom stereocenters. The molecule has 0 bridgehead atoms. The van der Waals surface area contributed by atoms with E-state index in [1.165, 1.54) is 0 Å². The Morgan fingerprint density at radius 3 is 2.00 bits per heavy atom. The van der Waals surface area contributed by atoms with Gasteiger partial charge in [-0.05, 0) is 43.4 Å². The first-order valence-electron chi connectivity index (χ1n) is 6.21. The SMILES string of the molecule is CC(C)NS(=O)(=O)c1ccc(CC(C)(C)C)cc1. The highest BCUT2D eigenvalue weighted by molar-refractivity contribution is 7.89. The second-order valence-electron chi connectivity index (χ2n) is 6.16. The lowest BCUT2D eigenvalue weighted by Crippen LogP contribution is -2.30. The van der Waals surface area contributed by atoms with Gasteiger partial charge in [-0.3, -0.25) is 0 Å². The predicted octanol–water partition coefficient (Wildman–Crippen LogP) is 2.96. The fraction of sp³-hybridized carbons (Fsp3) is 0.571. The maximum absolute atomic E-state index is 11.9. The molecule has 102 valence electrons. The summed E-state index contributed by atoms with van der Waals surface area (Å²) < 4.78 is 26.4. The van der Waals surface area contributed by atoms with Crippen LogP contribution in [0.3, 0.4) is 0 Å². The average molecular weight is 269 g/mol. The van der Waals surface area contributed by atoms with Crippen LogP contribution in [0.2, 0.25) is 0 Å². The van der Waals surface area contributed by atoms with E-state index in [9.17, 15) is 8.42 Å². The summed E-state index contributed by atoms with van der Waals surface area (Å²) >= 11 is 0. The molecule has 1 aromatic rings. The second kappa shape index (κ2) is 5.41. The van der Waals surface area contributed by atoms with Crippen molar-refractivity contribution >= 4 is 10.0 Å². The summed E-state index contributed by atoms with van der Waals surface area (Å²) in [6, 6.07) is 7.03. The molecule has 0 aromatic heterocycles. The largest absolute Gasteiger partial charge is 0.240 e. The van der Waals surface area contributed by atoms with Gasteiger partial charge in [0, 0.05) is 6.04 Å². The van der Waals surface area contributed by atoms with Gasteiger partial charge in [0.25, 0.3) is 0 Å². The van der Waals surface area contributed by atoms with Gasteiger partial charge < -0.3 is 0 Å². The van der Waals surface area contributed by atoms with E-state index >= 15 is 0 Å². The van der Waals surface area contributed by atoms with Gasteiger partial charge in [0.15, 0.2) is 0 Å². The van der Waals surface area contributed by atoms with Gasteiger partial charge in [0.2, 0.25) is 10.0 Å². The molecular formula is C14H23NO2S. The first kappa shape index (κ1) is 15.2. The number of hydrogen-bond donors (Lipinski definition) is 1. The Labute approximate surface area is 111 Å². The van der Waals surface area contributed by atoms with Crippen molar-refractivity contribution in [2.24, 2.45) is 5.41 Å². The van der Waals surface area contributed by atoms with Crippen LogP contribution in [0.4, 0.5) is 0 Å². The second-order valence-corrected chi connectivity index (χ2v) is 7.87. The lowest BCUT2D eigenvalue weighted by Gasteiger charge is -2.18. The van der Waals surface area contributed by atoms with Crippen molar-refractivity contribution in [3.8, 4) is 0 Å². The third kappa shape index (κ3) is 4.78. The molecule has 0 saturated heterocycles. The summed E-state index contributed by atoms with van der Waals surface area (Å²) in [7, 11) is -3.37. The summed E-state index contributed by atoms with van der Waals surface area (Å²) in [5.41, 5.74) is 1.36. The minimum atomic E-state index is -3.37. The van der Waals surface area contributed by atoms with Gasteiger partial charge in [-0.1, -0.05) is 32.9 Å². The van der Waals surface area contributed by atoms with E-state index < -0.39 is 10.0 Å². The topological polar surface area (TPSA) is 46.2 Å². The zero-order valence-electron chi connectivity index (χ0n) is 11.8.